The number of carbonyl (C=O) groups is 1. The van der Waals surface area contributed by atoms with E-state index in [1.54, 1.807) is 4.90 Å². The lowest BCUT2D eigenvalue weighted by Gasteiger charge is -2.26. The SMILES string of the molecule is CN1C[C@H]2CN(C(=O)c3ncc[nH]c3=O)C[C@H]2[C@@H]1c1ccccc1.Cl.Cl. The number of amides is 1. The molecule has 3 atom stereocenters. The summed E-state index contributed by atoms with van der Waals surface area (Å²) in [4.78, 5) is 35.1. The second kappa shape index (κ2) is 8.20. The number of likely N-dealkylation sites (tertiary alicyclic amines) is 2. The van der Waals surface area contributed by atoms with Gasteiger partial charge in [0.25, 0.3) is 11.5 Å². The number of carbonyl (C=O) groups excluding carboxylic acids is 1. The summed E-state index contributed by atoms with van der Waals surface area (Å²) in [7, 11) is 2.14. The van der Waals surface area contributed by atoms with Crippen molar-refractivity contribution in [3.63, 3.8) is 0 Å². The van der Waals surface area contributed by atoms with Crippen LogP contribution in [0.25, 0.3) is 0 Å². The quantitative estimate of drug-likeness (QED) is 0.842. The Kier molecular flexibility index (Phi) is 6.44. The predicted molar refractivity (Wildman–Crippen MR) is 104 cm³/mol. The summed E-state index contributed by atoms with van der Waals surface area (Å²) >= 11 is 0. The molecular weight excluding hydrogens is 375 g/mol. The van der Waals surface area contributed by atoms with Crippen molar-refractivity contribution in [1.82, 2.24) is 19.8 Å². The lowest BCUT2D eigenvalue weighted by atomic mass is 9.90. The van der Waals surface area contributed by atoms with Crippen LogP contribution in [0.4, 0.5) is 0 Å². The number of benzene rings is 1. The number of nitrogens with one attached hydrogen (secondary N) is 1. The highest BCUT2D eigenvalue weighted by atomic mass is 35.5. The molecule has 2 aliphatic heterocycles. The summed E-state index contributed by atoms with van der Waals surface area (Å²) in [6.45, 7) is 2.32. The maximum Gasteiger partial charge on any atom is 0.279 e. The van der Waals surface area contributed by atoms with Crippen LogP contribution in [0.3, 0.4) is 0 Å². The predicted octanol–water partition coefficient (Wildman–Crippen LogP) is 1.99. The van der Waals surface area contributed by atoms with Gasteiger partial charge in [-0.05, 0) is 18.5 Å². The average Bonchev–Trinajstić information content (AvgIpc) is 3.12. The van der Waals surface area contributed by atoms with Gasteiger partial charge in [0.05, 0.1) is 0 Å². The third kappa shape index (κ3) is 3.49. The fourth-order valence-corrected chi connectivity index (χ4v) is 4.23. The Balaban J connectivity index is 0.00000121. The maximum absolute atomic E-state index is 12.7. The van der Waals surface area contributed by atoms with E-state index in [0.717, 1.165) is 6.54 Å². The molecule has 0 bridgehead atoms. The van der Waals surface area contributed by atoms with Gasteiger partial charge >= 0.3 is 0 Å². The van der Waals surface area contributed by atoms with Gasteiger partial charge in [-0.2, -0.15) is 0 Å². The summed E-state index contributed by atoms with van der Waals surface area (Å²) in [5, 5.41) is 0. The van der Waals surface area contributed by atoms with Gasteiger partial charge in [-0.1, -0.05) is 30.3 Å². The van der Waals surface area contributed by atoms with Gasteiger partial charge in [0.15, 0.2) is 5.69 Å². The van der Waals surface area contributed by atoms with E-state index >= 15 is 0 Å². The fraction of sp³-hybridized carbons (Fsp3) is 0.389. The molecule has 1 aromatic carbocycles. The van der Waals surface area contributed by atoms with Crippen molar-refractivity contribution in [1.29, 1.82) is 0 Å². The number of rotatable bonds is 2. The van der Waals surface area contributed by atoms with E-state index in [1.165, 1.54) is 18.0 Å². The molecule has 0 unspecified atom stereocenters. The number of hydrogen-bond donors (Lipinski definition) is 1. The number of nitrogens with zero attached hydrogens (tertiary/aromatic N) is 3. The maximum atomic E-state index is 12.7. The Morgan fingerprint density at radius 2 is 1.88 bits per heavy atom. The summed E-state index contributed by atoms with van der Waals surface area (Å²) in [6.07, 6.45) is 2.89. The molecule has 6 nitrogen and oxygen atoms in total. The molecule has 0 aliphatic carbocycles. The normalized spacial score (nSPS) is 24.5. The van der Waals surface area contributed by atoms with Crippen LogP contribution in [0, 0.1) is 11.8 Å². The largest absolute Gasteiger partial charge is 0.336 e. The van der Waals surface area contributed by atoms with Gasteiger partial charge in [-0.25, -0.2) is 4.98 Å². The molecule has 1 aromatic heterocycles. The number of H-pyrrole nitrogens is 1. The molecule has 0 radical (unpaired) electrons. The smallest absolute Gasteiger partial charge is 0.279 e. The molecule has 2 fully saturated rings. The van der Waals surface area contributed by atoms with E-state index in [4.69, 9.17) is 0 Å². The summed E-state index contributed by atoms with van der Waals surface area (Å²) in [6, 6.07) is 10.8. The molecule has 140 valence electrons. The summed E-state index contributed by atoms with van der Waals surface area (Å²) in [5.74, 6) is 0.566. The first-order valence-corrected chi connectivity index (χ1v) is 8.23. The van der Waals surface area contributed by atoms with Crippen LogP contribution >= 0.6 is 24.8 Å². The Morgan fingerprint density at radius 1 is 1.15 bits per heavy atom. The Bertz CT molecular complexity index is 814. The molecule has 1 amide bonds. The standard InChI is InChI=1S/C18H20N4O2.2ClH/c1-21-9-13-10-22(18(24)15-17(23)20-8-7-19-15)11-14(13)16(21)12-5-3-2-4-6-12;;/h2-8,13-14,16H,9-11H2,1H3,(H,20,23);2*1H/t13-,14+,16-;;/m0../s1. The lowest BCUT2D eigenvalue weighted by molar-refractivity contribution is 0.0760. The van der Waals surface area contributed by atoms with Crippen LogP contribution in [0.2, 0.25) is 0 Å². The highest BCUT2D eigenvalue weighted by Crippen LogP contribution is 2.44. The topological polar surface area (TPSA) is 69.3 Å². The van der Waals surface area contributed by atoms with Gasteiger partial charge in [-0.3, -0.25) is 14.5 Å². The third-order valence-electron chi connectivity index (χ3n) is 5.23. The Morgan fingerprint density at radius 3 is 2.58 bits per heavy atom. The van der Waals surface area contributed by atoms with E-state index in [1.807, 2.05) is 6.07 Å². The monoisotopic (exact) mass is 396 g/mol. The molecule has 2 aliphatic rings. The summed E-state index contributed by atoms with van der Waals surface area (Å²) < 4.78 is 0. The van der Waals surface area contributed by atoms with Gasteiger partial charge in [0, 0.05) is 44.0 Å². The number of aromatic amines is 1. The minimum atomic E-state index is -0.420. The highest BCUT2D eigenvalue weighted by molar-refractivity contribution is 5.92. The zero-order valence-corrected chi connectivity index (χ0v) is 16.0. The summed E-state index contributed by atoms with van der Waals surface area (Å²) in [5.41, 5.74) is 0.857. The van der Waals surface area contributed by atoms with E-state index in [-0.39, 0.29) is 36.4 Å². The van der Waals surface area contributed by atoms with Crippen molar-refractivity contribution in [2.24, 2.45) is 11.8 Å². The van der Waals surface area contributed by atoms with E-state index in [9.17, 15) is 9.59 Å². The van der Waals surface area contributed by atoms with E-state index < -0.39 is 5.56 Å². The van der Waals surface area contributed by atoms with Crippen LogP contribution in [-0.4, -0.2) is 52.4 Å². The molecule has 2 saturated heterocycles. The lowest BCUT2D eigenvalue weighted by Crippen LogP contribution is -2.36. The van der Waals surface area contributed by atoms with Crippen LogP contribution in [0.1, 0.15) is 22.1 Å². The molecule has 0 spiro atoms. The van der Waals surface area contributed by atoms with Crippen LogP contribution < -0.4 is 5.56 Å². The van der Waals surface area contributed by atoms with Crippen molar-refractivity contribution in [2.75, 3.05) is 26.7 Å². The first kappa shape index (κ1) is 20.4. The highest BCUT2D eigenvalue weighted by Gasteiger charge is 2.47. The number of fused-ring (bicyclic) bond motifs is 1. The molecule has 3 heterocycles. The zero-order valence-electron chi connectivity index (χ0n) is 14.4. The first-order valence-electron chi connectivity index (χ1n) is 8.23. The van der Waals surface area contributed by atoms with Gasteiger partial charge in [0.1, 0.15) is 0 Å². The number of hydrogen-bond acceptors (Lipinski definition) is 4. The van der Waals surface area contributed by atoms with Crippen LogP contribution in [-0.2, 0) is 0 Å². The van der Waals surface area contributed by atoms with Crippen molar-refractivity contribution >= 4 is 30.7 Å². The van der Waals surface area contributed by atoms with Crippen molar-refractivity contribution in [3.8, 4) is 0 Å². The van der Waals surface area contributed by atoms with Crippen molar-refractivity contribution < 1.29 is 4.79 Å². The van der Waals surface area contributed by atoms with Gasteiger partial charge in [0.2, 0.25) is 0 Å². The van der Waals surface area contributed by atoms with Crippen molar-refractivity contribution in [3.05, 3.63) is 64.3 Å². The molecular formula is C18H22Cl2N4O2. The first-order chi connectivity index (χ1) is 11.6. The minimum Gasteiger partial charge on any atom is -0.336 e. The molecule has 1 N–H and O–H groups in total. The second-order valence-corrected chi connectivity index (χ2v) is 6.70. The van der Waals surface area contributed by atoms with Crippen LogP contribution in [0.5, 0.6) is 0 Å². The number of halogens is 2. The molecule has 26 heavy (non-hydrogen) atoms. The molecule has 0 saturated carbocycles. The van der Waals surface area contributed by atoms with Crippen LogP contribution in [0.15, 0.2) is 47.5 Å². The fourth-order valence-electron chi connectivity index (χ4n) is 4.23. The zero-order chi connectivity index (χ0) is 16.7. The van der Waals surface area contributed by atoms with E-state index in [2.05, 4.69) is 46.2 Å². The molecule has 8 heteroatoms. The molecule has 2 aromatic rings. The Hall–Kier alpha value is -1.89. The van der Waals surface area contributed by atoms with Gasteiger partial charge in [-0.15, -0.1) is 24.8 Å². The van der Waals surface area contributed by atoms with Gasteiger partial charge < -0.3 is 9.88 Å². The Labute approximate surface area is 164 Å². The third-order valence-corrected chi connectivity index (χ3v) is 5.23. The minimum absolute atomic E-state index is 0. The second-order valence-electron chi connectivity index (χ2n) is 6.70. The van der Waals surface area contributed by atoms with E-state index in [0.29, 0.717) is 31.0 Å². The number of aromatic nitrogens is 2. The van der Waals surface area contributed by atoms with Crippen molar-refractivity contribution in [2.45, 2.75) is 6.04 Å². The average molecular weight is 397 g/mol. The molecule has 4 rings (SSSR count).